The summed E-state index contributed by atoms with van der Waals surface area (Å²) >= 11 is 0. The van der Waals surface area contributed by atoms with Gasteiger partial charge in [-0.3, -0.25) is 19.2 Å². The van der Waals surface area contributed by atoms with E-state index in [2.05, 4.69) is 11.8 Å². The molecule has 1 fully saturated rings. The lowest BCUT2D eigenvalue weighted by molar-refractivity contribution is -0.385. The van der Waals surface area contributed by atoms with Gasteiger partial charge in [0.1, 0.15) is 12.3 Å². The van der Waals surface area contributed by atoms with Crippen LogP contribution in [-0.2, 0) is 14.8 Å². The van der Waals surface area contributed by atoms with Crippen molar-refractivity contribution in [3.63, 3.8) is 0 Å². The van der Waals surface area contributed by atoms with Gasteiger partial charge in [-0.1, -0.05) is 13.0 Å². The summed E-state index contributed by atoms with van der Waals surface area (Å²) in [6, 6.07) is 10.0. The van der Waals surface area contributed by atoms with E-state index in [-0.39, 0.29) is 22.2 Å². The van der Waals surface area contributed by atoms with Crippen LogP contribution in [0.1, 0.15) is 12.5 Å². The Morgan fingerprint density at radius 2 is 1.76 bits per heavy atom. The molecule has 0 saturated carbocycles. The number of sulfonamides is 1. The van der Waals surface area contributed by atoms with Crippen LogP contribution in [0.25, 0.3) is 0 Å². The monoisotopic (exact) mass is 476 g/mol. The lowest BCUT2D eigenvalue weighted by atomic mass is 10.2. The quantitative estimate of drug-likeness (QED) is 0.424. The molecular weight excluding hydrogens is 448 g/mol. The maximum atomic E-state index is 13.6. The minimum Gasteiger partial charge on any atom is -0.497 e. The molecule has 3 rings (SSSR count). The van der Waals surface area contributed by atoms with Crippen molar-refractivity contribution >= 4 is 27.3 Å². The van der Waals surface area contributed by atoms with E-state index in [1.807, 2.05) is 0 Å². The zero-order valence-electron chi connectivity index (χ0n) is 18.9. The van der Waals surface area contributed by atoms with E-state index in [0.717, 1.165) is 30.0 Å². The Kier molecular flexibility index (Phi) is 7.54. The number of nitrogens with zero attached hydrogens (tertiary/aromatic N) is 4. The lowest BCUT2D eigenvalue weighted by Crippen LogP contribution is -2.51. The van der Waals surface area contributed by atoms with E-state index in [9.17, 15) is 23.3 Å². The predicted molar refractivity (Wildman–Crippen MR) is 124 cm³/mol. The summed E-state index contributed by atoms with van der Waals surface area (Å²) in [5, 5.41) is 11.4. The van der Waals surface area contributed by atoms with Crippen molar-refractivity contribution in [1.82, 2.24) is 9.80 Å². The number of hydrogen-bond donors (Lipinski definition) is 0. The van der Waals surface area contributed by atoms with Gasteiger partial charge in [0.15, 0.2) is 0 Å². The number of amides is 1. The van der Waals surface area contributed by atoms with Gasteiger partial charge in [-0.2, -0.15) is 0 Å². The van der Waals surface area contributed by atoms with E-state index in [1.54, 1.807) is 29.2 Å². The molecule has 1 heterocycles. The molecule has 1 amide bonds. The van der Waals surface area contributed by atoms with Crippen LogP contribution in [0.5, 0.6) is 5.75 Å². The maximum absolute atomic E-state index is 13.6. The SMILES string of the molecule is CCN1CCN(C(=O)CN(c2ccc(OC)cc2)S(=O)(=O)c2ccc(C)c([N+](=O)[O-])c2)CC1. The average Bonchev–Trinajstić information content (AvgIpc) is 2.82. The number of likely N-dealkylation sites (N-methyl/N-ethyl adjacent to an activating group) is 1. The number of ether oxygens (including phenoxy) is 1. The Morgan fingerprint density at radius 3 is 2.30 bits per heavy atom. The normalized spacial score (nSPS) is 14.7. The minimum absolute atomic E-state index is 0.251. The number of benzene rings is 2. The number of nitro groups is 1. The molecule has 0 radical (unpaired) electrons. The van der Waals surface area contributed by atoms with Gasteiger partial charge in [-0.15, -0.1) is 0 Å². The molecule has 1 saturated heterocycles. The summed E-state index contributed by atoms with van der Waals surface area (Å²) in [6.07, 6.45) is 0. The number of methoxy groups -OCH3 is 1. The third-order valence-electron chi connectivity index (χ3n) is 5.78. The van der Waals surface area contributed by atoms with E-state index in [1.165, 1.54) is 26.2 Å². The second kappa shape index (κ2) is 10.2. The van der Waals surface area contributed by atoms with Gasteiger partial charge >= 0.3 is 0 Å². The Labute approximate surface area is 193 Å². The van der Waals surface area contributed by atoms with E-state index >= 15 is 0 Å². The predicted octanol–water partition coefficient (Wildman–Crippen LogP) is 2.27. The molecule has 2 aromatic rings. The summed E-state index contributed by atoms with van der Waals surface area (Å²) in [4.78, 5) is 27.4. The van der Waals surface area contributed by atoms with Crippen LogP contribution in [0, 0.1) is 17.0 Å². The zero-order valence-corrected chi connectivity index (χ0v) is 19.7. The number of carbonyl (C=O) groups excluding carboxylic acids is 1. The van der Waals surface area contributed by atoms with Crippen molar-refractivity contribution < 1.29 is 22.9 Å². The summed E-state index contributed by atoms with van der Waals surface area (Å²) in [6.45, 7) is 6.54. The number of aryl methyl sites for hydroxylation is 1. The van der Waals surface area contributed by atoms with Crippen LogP contribution in [0.2, 0.25) is 0 Å². The number of rotatable bonds is 8. The topological polar surface area (TPSA) is 113 Å². The van der Waals surface area contributed by atoms with Gasteiger partial charge in [0.2, 0.25) is 5.91 Å². The molecule has 2 aromatic carbocycles. The Bertz CT molecular complexity index is 1110. The van der Waals surface area contributed by atoms with Crippen LogP contribution < -0.4 is 9.04 Å². The van der Waals surface area contributed by atoms with Gasteiger partial charge in [0.05, 0.1) is 22.6 Å². The van der Waals surface area contributed by atoms with E-state index < -0.39 is 21.5 Å². The molecule has 0 bridgehead atoms. The first kappa shape index (κ1) is 24.5. The summed E-state index contributed by atoms with van der Waals surface area (Å²) in [5.41, 5.74) is 0.312. The third-order valence-corrected chi connectivity index (χ3v) is 7.55. The number of hydrogen-bond acceptors (Lipinski definition) is 7. The molecule has 0 spiro atoms. The molecule has 11 heteroatoms. The summed E-state index contributed by atoms with van der Waals surface area (Å²) in [5.74, 6) is 0.204. The Hall–Kier alpha value is -3.18. The van der Waals surface area contributed by atoms with Gasteiger partial charge in [-0.25, -0.2) is 8.42 Å². The highest BCUT2D eigenvalue weighted by molar-refractivity contribution is 7.92. The molecule has 10 nitrogen and oxygen atoms in total. The molecule has 178 valence electrons. The molecule has 1 aliphatic rings. The van der Waals surface area contributed by atoms with Crippen molar-refractivity contribution in [2.75, 3.05) is 50.7 Å². The van der Waals surface area contributed by atoms with Crippen LogP contribution in [0.3, 0.4) is 0 Å². The fraction of sp³-hybridized carbons (Fsp3) is 0.409. The molecular formula is C22H28N4O6S. The van der Waals surface area contributed by atoms with Crippen molar-refractivity contribution in [2.24, 2.45) is 0 Å². The highest BCUT2D eigenvalue weighted by atomic mass is 32.2. The third kappa shape index (κ3) is 5.42. The fourth-order valence-corrected chi connectivity index (χ4v) is 5.11. The van der Waals surface area contributed by atoms with Crippen LogP contribution >= 0.6 is 0 Å². The van der Waals surface area contributed by atoms with E-state index in [4.69, 9.17) is 4.74 Å². The van der Waals surface area contributed by atoms with Crippen molar-refractivity contribution in [2.45, 2.75) is 18.7 Å². The zero-order chi connectivity index (χ0) is 24.2. The number of piperazine rings is 1. The molecule has 1 aliphatic heterocycles. The lowest BCUT2D eigenvalue weighted by Gasteiger charge is -2.35. The highest BCUT2D eigenvalue weighted by Gasteiger charge is 2.31. The van der Waals surface area contributed by atoms with Gasteiger partial charge in [-0.05, 0) is 43.8 Å². The first-order valence-electron chi connectivity index (χ1n) is 10.6. The summed E-state index contributed by atoms with van der Waals surface area (Å²) in [7, 11) is -2.77. The standard InChI is InChI=1S/C22H28N4O6S/c1-4-23-11-13-24(14-12-23)22(27)16-25(18-6-8-19(32-3)9-7-18)33(30,31)20-10-5-17(2)21(15-20)26(28)29/h5-10,15H,4,11-14,16H2,1-3H3. The molecule has 0 aliphatic carbocycles. The average molecular weight is 477 g/mol. The highest BCUT2D eigenvalue weighted by Crippen LogP contribution is 2.29. The maximum Gasteiger partial charge on any atom is 0.273 e. The van der Waals surface area contributed by atoms with Gasteiger partial charge < -0.3 is 14.5 Å². The number of carbonyl (C=O) groups is 1. The molecule has 0 unspecified atom stereocenters. The number of nitro benzene ring substituents is 1. The van der Waals surface area contributed by atoms with Crippen molar-refractivity contribution in [3.8, 4) is 5.75 Å². The first-order valence-corrected chi connectivity index (χ1v) is 12.0. The first-order chi connectivity index (χ1) is 15.7. The van der Waals surface area contributed by atoms with Gasteiger partial charge in [0.25, 0.3) is 15.7 Å². The van der Waals surface area contributed by atoms with Crippen LogP contribution in [0.15, 0.2) is 47.4 Å². The molecule has 0 N–H and O–H groups in total. The Balaban J connectivity index is 1.97. The minimum atomic E-state index is -4.27. The van der Waals surface area contributed by atoms with Crippen LogP contribution in [-0.4, -0.2) is 75.4 Å². The molecule has 33 heavy (non-hydrogen) atoms. The molecule has 0 aromatic heterocycles. The number of anilines is 1. The fourth-order valence-electron chi connectivity index (χ4n) is 3.67. The largest absolute Gasteiger partial charge is 0.497 e. The second-order valence-electron chi connectivity index (χ2n) is 7.73. The Morgan fingerprint density at radius 1 is 1.12 bits per heavy atom. The van der Waals surface area contributed by atoms with Crippen molar-refractivity contribution in [3.05, 3.63) is 58.1 Å². The van der Waals surface area contributed by atoms with Crippen LogP contribution in [0.4, 0.5) is 11.4 Å². The molecule has 0 atom stereocenters. The van der Waals surface area contributed by atoms with E-state index in [0.29, 0.717) is 24.4 Å². The smallest absolute Gasteiger partial charge is 0.273 e. The summed E-state index contributed by atoms with van der Waals surface area (Å²) < 4.78 is 33.3. The van der Waals surface area contributed by atoms with Crippen molar-refractivity contribution in [1.29, 1.82) is 0 Å². The van der Waals surface area contributed by atoms with Gasteiger partial charge in [0, 0.05) is 37.8 Å². The second-order valence-corrected chi connectivity index (χ2v) is 9.59.